The molecule has 0 saturated carbocycles. The van der Waals surface area contributed by atoms with Gasteiger partial charge in [-0.15, -0.1) is 0 Å². The number of ether oxygens (including phenoxy) is 2. The fourth-order valence-electron chi connectivity index (χ4n) is 0.370. The molecule has 0 saturated heterocycles. The van der Waals surface area contributed by atoms with Crippen molar-refractivity contribution in [3.63, 3.8) is 0 Å². The Morgan fingerprint density at radius 1 is 1.70 bits per heavy atom. The zero-order chi connectivity index (χ0) is 7.82. The van der Waals surface area contributed by atoms with Gasteiger partial charge in [-0.1, -0.05) is 0 Å². The number of esters is 1. The molecule has 0 rings (SSSR count). The minimum Gasteiger partial charge on any atom is -0.463 e. The molecular weight excluding hydrogens is 134 g/mol. The number of hydrogen-bond donors (Lipinski definition) is 0. The first-order valence-corrected chi connectivity index (χ1v) is 2.82. The van der Waals surface area contributed by atoms with Crippen LogP contribution in [0.25, 0.3) is 0 Å². The summed E-state index contributed by atoms with van der Waals surface area (Å²) in [5.74, 6) is -0.433. The maximum absolute atomic E-state index is 10.5. The molecule has 4 heteroatoms. The van der Waals surface area contributed by atoms with E-state index in [0.29, 0.717) is 0 Å². The van der Waals surface area contributed by atoms with Crippen LogP contribution in [-0.2, 0) is 14.3 Å². The van der Waals surface area contributed by atoms with E-state index in [1.54, 1.807) is 0 Å². The van der Waals surface area contributed by atoms with Gasteiger partial charge in [0.15, 0.2) is 0 Å². The second-order valence-electron chi connectivity index (χ2n) is 1.56. The molecule has 0 unspecified atom stereocenters. The largest absolute Gasteiger partial charge is 0.463 e. The first-order chi connectivity index (χ1) is 4.81. The van der Waals surface area contributed by atoms with E-state index in [1.807, 2.05) is 6.07 Å². The third-order valence-electron chi connectivity index (χ3n) is 0.739. The third kappa shape index (κ3) is 5.06. The third-order valence-corrected chi connectivity index (χ3v) is 0.739. The molecule has 56 valence electrons. The van der Waals surface area contributed by atoms with E-state index >= 15 is 0 Å². The lowest BCUT2D eigenvalue weighted by Crippen LogP contribution is -2.11. The minimum atomic E-state index is -0.433. The van der Waals surface area contributed by atoms with Gasteiger partial charge in [0.2, 0.25) is 0 Å². The fourth-order valence-corrected chi connectivity index (χ4v) is 0.370. The van der Waals surface area contributed by atoms with Crippen molar-refractivity contribution in [2.75, 3.05) is 20.3 Å². The van der Waals surface area contributed by atoms with Crippen LogP contribution in [0.2, 0.25) is 0 Å². The van der Waals surface area contributed by atoms with E-state index in [4.69, 9.17) is 5.26 Å². The molecule has 0 aromatic rings. The highest BCUT2D eigenvalue weighted by Crippen LogP contribution is 1.82. The van der Waals surface area contributed by atoms with E-state index < -0.39 is 5.97 Å². The average Bonchev–Trinajstić information content (AvgIpc) is 1.89. The second kappa shape index (κ2) is 6.05. The number of nitriles is 1. The molecule has 0 heterocycles. The van der Waals surface area contributed by atoms with Crippen molar-refractivity contribution in [3.8, 4) is 6.07 Å². The Kier molecular flexibility index (Phi) is 5.39. The van der Waals surface area contributed by atoms with Crippen LogP contribution in [0, 0.1) is 11.3 Å². The summed E-state index contributed by atoms with van der Waals surface area (Å²) in [6, 6.07) is 1.85. The Hall–Kier alpha value is -1.08. The van der Waals surface area contributed by atoms with Crippen LogP contribution in [-0.4, -0.2) is 26.3 Å². The summed E-state index contributed by atoms with van der Waals surface area (Å²) in [6.07, 6.45) is 0.232. The number of methoxy groups -OCH3 is 1. The maximum Gasteiger partial charge on any atom is 0.332 e. The summed E-state index contributed by atoms with van der Waals surface area (Å²) >= 11 is 0. The summed E-state index contributed by atoms with van der Waals surface area (Å²) in [5.41, 5.74) is 0. The van der Waals surface area contributed by atoms with Gasteiger partial charge in [-0.25, -0.2) is 4.79 Å². The zero-order valence-corrected chi connectivity index (χ0v) is 5.79. The fraction of sp³-hybridized carbons (Fsp3) is 0.667. The maximum atomic E-state index is 10.5. The van der Waals surface area contributed by atoms with Crippen molar-refractivity contribution in [2.24, 2.45) is 0 Å². The standard InChI is InChI=1S/C6H9NO3/c1-9-5-6(8)10-4-2-3-7/h2,4-5H2,1H3. The van der Waals surface area contributed by atoms with Crippen molar-refractivity contribution < 1.29 is 14.3 Å². The van der Waals surface area contributed by atoms with E-state index in [9.17, 15) is 4.79 Å². The van der Waals surface area contributed by atoms with E-state index in [2.05, 4.69) is 9.47 Å². The highest BCUT2D eigenvalue weighted by atomic mass is 16.6. The van der Waals surface area contributed by atoms with Crippen LogP contribution in [0.5, 0.6) is 0 Å². The van der Waals surface area contributed by atoms with Crippen LogP contribution in [0.3, 0.4) is 0 Å². The Bertz CT molecular complexity index is 138. The molecule has 0 aliphatic carbocycles. The van der Waals surface area contributed by atoms with Gasteiger partial charge in [0, 0.05) is 7.11 Å². The van der Waals surface area contributed by atoms with Crippen molar-refractivity contribution in [3.05, 3.63) is 0 Å². The van der Waals surface area contributed by atoms with Gasteiger partial charge in [0.25, 0.3) is 0 Å². The topological polar surface area (TPSA) is 59.3 Å². The van der Waals surface area contributed by atoms with Gasteiger partial charge in [0.1, 0.15) is 13.2 Å². The molecule has 0 atom stereocenters. The van der Waals surface area contributed by atoms with E-state index in [1.165, 1.54) is 7.11 Å². The number of carbonyl (C=O) groups is 1. The normalized spacial score (nSPS) is 8.40. The lowest BCUT2D eigenvalue weighted by atomic mass is 10.5. The molecule has 0 aromatic heterocycles. The molecule has 0 spiro atoms. The molecule has 10 heavy (non-hydrogen) atoms. The average molecular weight is 143 g/mol. The summed E-state index contributed by atoms with van der Waals surface area (Å²) < 4.78 is 9.01. The lowest BCUT2D eigenvalue weighted by molar-refractivity contribution is -0.147. The van der Waals surface area contributed by atoms with Crippen LogP contribution < -0.4 is 0 Å². The van der Waals surface area contributed by atoms with Gasteiger partial charge in [-0.2, -0.15) is 5.26 Å². The Labute approximate surface area is 59.3 Å². The molecule has 0 aliphatic rings. The van der Waals surface area contributed by atoms with Gasteiger partial charge < -0.3 is 9.47 Å². The molecule has 0 bridgehead atoms. The van der Waals surface area contributed by atoms with Crippen LogP contribution in [0.1, 0.15) is 6.42 Å². The van der Waals surface area contributed by atoms with Crippen LogP contribution in [0.4, 0.5) is 0 Å². The van der Waals surface area contributed by atoms with Gasteiger partial charge >= 0.3 is 5.97 Å². The second-order valence-corrected chi connectivity index (χ2v) is 1.56. The van der Waals surface area contributed by atoms with Crippen LogP contribution in [0.15, 0.2) is 0 Å². The quantitative estimate of drug-likeness (QED) is 0.413. The highest BCUT2D eigenvalue weighted by molar-refractivity contribution is 5.70. The minimum absolute atomic E-state index is 0.0502. The SMILES string of the molecule is COCC(=O)OCCC#N. The number of rotatable bonds is 4. The predicted molar refractivity (Wildman–Crippen MR) is 33.1 cm³/mol. The Morgan fingerprint density at radius 3 is 2.90 bits per heavy atom. The van der Waals surface area contributed by atoms with Crippen molar-refractivity contribution in [2.45, 2.75) is 6.42 Å². The van der Waals surface area contributed by atoms with Gasteiger partial charge in [-0.05, 0) is 0 Å². The first-order valence-electron chi connectivity index (χ1n) is 2.82. The summed E-state index contributed by atoms with van der Waals surface area (Å²) in [7, 11) is 1.41. The van der Waals surface area contributed by atoms with E-state index in [0.717, 1.165) is 0 Å². The molecule has 0 amide bonds. The Balaban J connectivity index is 3.15. The van der Waals surface area contributed by atoms with Crippen molar-refractivity contribution in [1.29, 1.82) is 5.26 Å². The summed E-state index contributed by atoms with van der Waals surface area (Å²) in [5, 5.41) is 8.04. The number of nitrogens with zero attached hydrogens (tertiary/aromatic N) is 1. The molecule has 0 fully saturated rings. The summed E-state index contributed by atoms with van der Waals surface area (Å²) in [6.45, 7) is 0.101. The summed E-state index contributed by atoms with van der Waals surface area (Å²) in [4.78, 5) is 10.5. The smallest absolute Gasteiger partial charge is 0.332 e. The number of hydrogen-bond acceptors (Lipinski definition) is 4. The predicted octanol–water partition coefficient (Wildman–Crippen LogP) is 0.0897. The van der Waals surface area contributed by atoms with Gasteiger partial charge in [-0.3, -0.25) is 0 Å². The highest BCUT2D eigenvalue weighted by Gasteiger charge is 1.98. The molecule has 0 N–H and O–H groups in total. The zero-order valence-electron chi connectivity index (χ0n) is 5.79. The number of carbonyl (C=O) groups excluding carboxylic acids is 1. The molecule has 0 radical (unpaired) electrons. The van der Waals surface area contributed by atoms with E-state index in [-0.39, 0.29) is 19.6 Å². The molecular formula is C6H9NO3. The van der Waals surface area contributed by atoms with Gasteiger partial charge in [0.05, 0.1) is 12.5 Å². The monoisotopic (exact) mass is 143 g/mol. The lowest BCUT2D eigenvalue weighted by Gasteiger charge is -1.98. The van der Waals surface area contributed by atoms with Crippen LogP contribution >= 0.6 is 0 Å². The van der Waals surface area contributed by atoms with Crippen molar-refractivity contribution >= 4 is 5.97 Å². The van der Waals surface area contributed by atoms with Crippen molar-refractivity contribution in [1.82, 2.24) is 0 Å². The molecule has 4 nitrogen and oxygen atoms in total. The first kappa shape index (κ1) is 8.92. The Morgan fingerprint density at radius 2 is 2.40 bits per heavy atom. The molecule has 0 aromatic carbocycles. The molecule has 0 aliphatic heterocycles.